The first-order valence-corrected chi connectivity index (χ1v) is 7.77. The number of carbonyl (C=O) groups is 1. The van der Waals surface area contributed by atoms with Crippen LogP contribution in [0.15, 0.2) is 53.0 Å². The standard InChI is InChI=1S/C17H18BrFN2O/c1-12(17(22)20-15-9-7-14(18)8-10-15)21(2)11-13-5-3-4-6-16(13)19/h3-10,12H,11H2,1-2H3,(H,20,22). The minimum atomic E-state index is -0.372. The molecule has 0 aliphatic heterocycles. The largest absolute Gasteiger partial charge is 0.325 e. The van der Waals surface area contributed by atoms with Crippen LogP contribution in [0.3, 0.4) is 0 Å². The third-order valence-corrected chi connectivity index (χ3v) is 4.06. The zero-order chi connectivity index (χ0) is 16.1. The molecular weight excluding hydrogens is 347 g/mol. The number of halogens is 2. The number of anilines is 1. The summed E-state index contributed by atoms with van der Waals surface area (Å²) in [5.41, 5.74) is 1.31. The molecule has 0 bridgehead atoms. The Kier molecular flexibility index (Phi) is 5.69. The Morgan fingerprint density at radius 3 is 2.50 bits per heavy atom. The van der Waals surface area contributed by atoms with Crippen molar-refractivity contribution in [1.29, 1.82) is 0 Å². The zero-order valence-corrected chi connectivity index (χ0v) is 14.1. The fraction of sp³-hybridized carbons (Fsp3) is 0.235. The SMILES string of the molecule is CC(C(=O)Nc1ccc(Br)cc1)N(C)Cc1ccccc1F. The van der Waals surface area contributed by atoms with E-state index >= 15 is 0 Å². The van der Waals surface area contributed by atoms with Crippen molar-refractivity contribution < 1.29 is 9.18 Å². The van der Waals surface area contributed by atoms with Crippen molar-refractivity contribution in [1.82, 2.24) is 4.90 Å². The smallest absolute Gasteiger partial charge is 0.241 e. The summed E-state index contributed by atoms with van der Waals surface area (Å²) in [4.78, 5) is 14.1. The summed E-state index contributed by atoms with van der Waals surface area (Å²) in [6.45, 7) is 2.18. The second kappa shape index (κ2) is 7.51. The zero-order valence-electron chi connectivity index (χ0n) is 12.5. The molecule has 2 aromatic carbocycles. The maximum Gasteiger partial charge on any atom is 0.241 e. The highest BCUT2D eigenvalue weighted by atomic mass is 79.9. The Morgan fingerprint density at radius 1 is 1.23 bits per heavy atom. The molecule has 0 aliphatic carbocycles. The molecule has 0 saturated heterocycles. The Hall–Kier alpha value is -1.72. The van der Waals surface area contributed by atoms with Crippen LogP contribution in [0.5, 0.6) is 0 Å². The normalized spacial score (nSPS) is 12.2. The molecule has 1 N–H and O–H groups in total. The summed E-state index contributed by atoms with van der Waals surface area (Å²) in [6, 6.07) is 13.6. The number of benzene rings is 2. The van der Waals surface area contributed by atoms with Crippen molar-refractivity contribution >= 4 is 27.5 Å². The summed E-state index contributed by atoms with van der Waals surface area (Å²) in [6.07, 6.45) is 0. The molecule has 2 rings (SSSR count). The molecule has 0 heterocycles. The van der Waals surface area contributed by atoms with Gasteiger partial charge in [-0.1, -0.05) is 34.1 Å². The maximum atomic E-state index is 13.7. The predicted octanol–water partition coefficient (Wildman–Crippen LogP) is 4.05. The van der Waals surface area contributed by atoms with Gasteiger partial charge >= 0.3 is 0 Å². The van der Waals surface area contributed by atoms with Crippen molar-refractivity contribution in [3.8, 4) is 0 Å². The van der Waals surface area contributed by atoms with E-state index < -0.39 is 0 Å². The highest BCUT2D eigenvalue weighted by molar-refractivity contribution is 9.10. The van der Waals surface area contributed by atoms with Gasteiger partial charge in [0.05, 0.1) is 6.04 Å². The first-order chi connectivity index (χ1) is 10.5. The van der Waals surface area contributed by atoms with Gasteiger partial charge in [0.15, 0.2) is 0 Å². The van der Waals surface area contributed by atoms with Gasteiger partial charge in [0, 0.05) is 22.3 Å². The average molecular weight is 365 g/mol. The molecule has 5 heteroatoms. The van der Waals surface area contributed by atoms with Crippen molar-refractivity contribution in [2.75, 3.05) is 12.4 Å². The predicted molar refractivity (Wildman–Crippen MR) is 90.1 cm³/mol. The van der Waals surface area contributed by atoms with Gasteiger partial charge in [-0.2, -0.15) is 0 Å². The number of amides is 1. The third kappa shape index (κ3) is 4.39. The highest BCUT2D eigenvalue weighted by Gasteiger charge is 2.19. The van der Waals surface area contributed by atoms with E-state index in [-0.39, 0.29) is 17.8 Å². The summed E-state index contributed by atoms with van der Waals surface area (Å²) in [7, 11) is 1.80. The van der Waals surface area contributed by atoms with Gasteiger partial charge in [0.2, 0.25) is 5.91 Å². The summed E-state index contributed by atoms with van der Waals surface area (Å²) >= 11 is 3.35. The van der Waals surface area contributed by atoms with Gasteiger partial charge in [-0.3, -0.25) is 9.69 Å². The van der Waals surface area contributed by atoms with E-state index in [1.165, 1.54) is 6.07 Å². The number of rotatable bonds is 5. The molecule has 0 aliphatic rings. The second-order valence-corrected chi connectivity index (χ2v) is 6.09. The molecule has 0 radical (unpaired) electrons. The van der Waals surface area contributed by atoms with Crippen molar-refractivity contribution in [3.05, 3.63) is 64.4 Å². The topological polar surface area (TPSA) is 32.3 Å². The molecule has 22 heavy (non-hydrogen) atoms. The third-order valence-electron chi connectivity index (χ3n) is 3.53. The molecule has 0 spiro atoms. The lowest BCUT2D eigenvalue weighted by atomic mass is 10.1. The van der Waals surface area contributed by atoms with E-state index in [2.05, 4.69) is 21.2 Å². The quantitative estimate of drug-likeness (QED) is 0.867. The molecule has 0 saturated carbocycles. The van der Waals surface area contributed by atoms with Crippen LogP contribution >= 0.6 is 15.9 Å². The monoisotopic (exact) mass is 364 g/mol. The number of likely N-dealkylation sites (N-methyl/N-ethyl adjacent to an activating group) is 1. The molecule has 1 amide bonds. The Morgan fingerprint density at radius 2 is 1.86 bits per heavy atom. The Bertz CT molecular complexity index is 645. The van der Waals surface area contributed by atoms with E-state index in [4.69, 9.17) is 0 Å². The van der Waals surface area contributed by atoms with E-state index in [0.717, 1.165) is 10.2 Å². The van der Waals surface area contributed by atoms with Crippen LogP contribution in [0, 0.1) is 5.82 Å². The van der Waals surface area contributed by atoms with Crippen molar-refractivity contribution in [3.63, 3.8) is 0 Å². The first-order valence-electron chi connectivity index (χ1n) is 6.97. The Balaban J connectivity index is 1.97. The number of hydrogen-bond acceptors (Lipinski definition) is 2. The van der Waals surface area contributed by atoms with Crippen LogP contribution in [0.2, 0.25) is 0 Å². The number of nitrogens with zero attached hydrogens (tertiary/aromatic N) is 1. The Labute approximate surface area is 138 Å². The summed E-state index contributed by atoms with van der Waals surface area (Å²) in [5.74, 6) is -0.379. The van der Waals surface area contributed by atoms with E-state index in [1.807, 2.05) is 29.2 Å². The molecule has 0 fully saturated rings. The maximum absolute atomic E-state index is 13.7. The van der Waals surface area contributed by atoms with Gasteiger partial charge in [0.1, 0.15) is 5.82 Å². The molecule has 116 valence electrons. The molecule has 0 aromatic heterocycles. The molecular formula is C17H18BrFN2O. The van der Waals surface area contributed by atoms with E-state index in [9.17, 15) is 9.18 Å². The van der Waals surface area contributed by atoms with Crippen LogP contribution < -0.4 is 5.32 Å². The van der Waals surface area contributed by atoms with Crippen LogP contribution in [0.25, 0.3) is 0 Å². The highest BCUT2D eigenvalue weighted by Crippen LogP contribution is 2.15. The van der Waals surface area contributed by atoms with Crippen LogP contribution in [0.4, 0.5) is 10.1 Å². The lowest BCUT2D eigenvalue weighted by molar-refractivity contribution is -0.120. The fourth-order valence-corrected chi connectivity index (χ4v) is 2.28. The van der Waals surface area contributed by atoms with E-state index in [0.29, 0.717) is 12.1 Å². The molecule has 1 atom stereocenters. The average Bonchev–Trinajstić information content (AvgIpc) is 2.51. The first kappa shape index (κ1) is 16.6. The minimum absolute atomic E-state index is 0.124. The summed E-state index contributed by atoms with van der Waals surface area (Å²) in [5, 5.41) is 2.86. The lowest BCUT2D eigenvalue weighted by Gasteiger charge is -2.24. The van der Waals surface area contributed by atoms with E-state index in [1.54, 1.807) is 32.2 Å². The van der Waals surface area contributed by atoms with Gasteiger partial charge in [-0.05, 0) is 44.3 Å². The van der Waals surface area contributed by atoms with Crippen LogP contribution in [-0.2, 0) is 11.3 Å². The number of carbonyl (C=O) groups excluding carboxylic acids is 1. The lowest BCUT2D eigenvalue weighted by Crippen LogP contribution is -2.39. The second-order valence-electron chi connectivity index (χ2n) is 5.18. The van der Waals surface area contributed by atoms with Crippen molar-refractivity contribution in [2.45, 2.75) is 19.5 Å². The number of hydrogen-bond donors (Lipinski definition) is 1. The van der Waals surface area contributed by atoms with Gasteiger partial charge in [-0.15, -0.1) is 0 Å². The molecule has 3 nitrogen and oxygen atoms in total. The van der Waals surface area contributed by atoms with Gasteiger partial charge in [0.25, 0.3) is 0 Å². The molecule has 1 unspecified atom stereocenters. The molecule has 2 aromatic rings. The van der Waals surface area contributed by atoms with Gasteiger partial charge in [-0.25, -0.2) is 4.39 Å². The number of nitrogens with one attached hydrogen (secondary N) is 1. The summed E-state index contributed by atoms with van der Waals surface area (Å²) < 4.78 is 14.6. The van der Waals surface area contributed by atoms with Gasteiger partial charge < -0.3 is 5.32 Å². The minimum Gasteiger partial charge on any atom is -0.325 e. The van der Waals surface area contributed by atoms with Crippen molar-refractivity contribution in [2.24, 2.45) is 0 Å². The van der Waals surface area contributed by atoms with Crippen LogP contribution in [-0.4, -0.2) is 23.9 Å². The fourth-order valence-electron chi connectivity index (χ4n) is 2.01. The van der Waals surface area contributed by atoms with Crippen LogP contribution in [0.1, 0.15) is 12.5 Å².